The van der Waals surface area contributed by atoms with Gasteiger partial charge in [-0.25, -0.2) is 9.78 Å². The van der Waals surface area contributed by atoms with Gasteiger partial charge in [0.2, 0.25) is 0 Å². The van der Waals surface area contributed by atoms with Crippen LogP contribution in [0.4, 0.5) is 5.82 Å². The second-order valence-electron chi connectivity index (χ2n) is 5.53. The molecule has 1 aliphatic heterocycles. The van der Waals surface area contributed by atoms with Crippen molar-refractivity contribution in [2.45, 2.75) is 18.9 Å². The van der Waals surface area contributed by atoms with Gasteiger partial charge in [0, 0.05) is 29.6 Å². The van der Waals surface area contributed by atoms with E-state index in [-0.39, 0.29) is 5.56 Å². The lowest BCUT2D eigenvalue weighted by molar-refractivity contribution is 0.0698. The topological polar surface area (TPSA) is 65.5 Å². The third kappa shape index (κ3) is 2.69. The number of fused-ring (bicyclic) bond motifs is 1. The van der Waals surface area contributed by atoms with Gasteiger partial charge in [-0.05, 0) is 26.4 Å². The number of hydrogen-bond donors (Lipinski definition) is 2. The van der Waals surface area contributed by atoms with Crippen molar-refractivity contribution in [3.8, 4) is 0 Å². The summed E-state index contributed by atoms with van der Waals surface area (Å²) in [5.41, 5.74) is 0.245. The second-order valence-corrected chi connectivity index (χ2v) is 5.53. The van der Waals surface area contributed by atoms with Crippen LogP contribution in [0.1, 0.15) is 23.2 Å². The number of carboxylic acids is 1. The molecule has 0 amide bonds. The van der Waals surface area contributed by atoms with Gasteiger partial charge in [0.25, 0.3) is 0 Å². The van der Waals surface area contributed by atoms with Crippen LogP contribution in [0.25, 0.3) is 10.8 Å². The molecule has 1 unspecified atom stereocenters. The number of nitrogens with one attached hydrogen (secondary N) is 1. The van der Waals surface area contributed by atoms with Gasteiger partial charge in [-0.2, -0.15) is 0 Å². The monoisotopic (exact) mass is 285 g/mol. The molecule has 5 nitrogen and oxygen atoms in total. The Hall–Kier alpha value is -2.14. The zero-order valence-electron chi connectivity index (χ0n) is 12.0. The zero-order valence-corrected chi connectivity index (χ0v) is 12.0. The minimum atomic E-state index is -0.944. The highest BCUT2D eigenvalue weighted by atomic mass is 16.4. The number of aromatic nitrogens is 1. The van der Waals surface area contributed by atoms with Crippen molar-refractivity contribution in [2.24, 2.45) is 0 Å². The number of likely N-dealkylation sites (N-methyl/N-ethyl adjacent to an activating group) is 1. The Kier molecular flexibility index (Phi) is 3.75. The van der Waals surface area contributed by atoms with Crippen molar-refractivity contribution in [3.05, 3.63) is 36.0 Å². The van der Waals surface area contributed by atoms with Crippen LogP contribution in [0.2, 0.25) is 0 Å². The largest absolute Gasteiger partial charge is 0.478 e. The molecule has 0 saturated carbocycles. The summed E-state index contributed by atoms with van der Waals surface area (Å²) in [5, 5.41) is 14.2. The van der Waals surface area contributed by atoms with E-state index in [1.807, 2.05) is 24.3 Å². The molecule has 0 aliphatic carbocycles. The van der Waals surface area contributed by atoms with Crippen LogP contribution in [0.3, 0.4) is 0 Å². The molecule has 0 radical (unpaired) electrons. The summed E-state index contributed by atoms with van der Waals surface area (Å²) >= 11 is 0. The quantitative estimate of drug-likeness (QED) is 0.903. The molecule has 2 aromatic rings. The fraction of sp³-hybridized carbons (Fsp3) is 0.375. The predicted molar refractivity (Wildman–Crippen MR) is 82.8 cm³/mol. The molecule has 5 heteroatoms. The summed E-state index contributed by atoms with van der Waals surface area (Å²) in [6.45, 7) is 1.97. The number of pyridine rings is 1. The Balaban J connectivity index is 1.89. The number of aromatic carboxylic acids is 1. The van der Waals surface area contributed by atoms with Crippen LogP contribution >= 0.6 is 0 Å². The molecule has 1 aromatic heterocycles. The SMILES string of the molecule is CN1CCCC1CNc1ncc(C(=O)O)c2ccccc12. The molecular formula is C16H19N3O2. The Morgan fingerprint density at radius 3 is 2.86 bits per heavy atom. The van der Waals surface area contributed by atoms with Gasteiger partial charge in [0.05, 0.1) is 5.56 Å². The Labute approximate surface area is 123 Å². The van der Waals surface area contributed by atoms with Gasteiger partial charge >= 0.3 is 5.97 Å². The van der Waals surface area contributed by atoms with E-state index < -0.39 is 5.97 Å². The highest BCUT2D eigenvalue weighted by molar-refractivity contribution is 6.06. The second kappa shape index (κ2) is 5.69. The van der Waals surface area contributed by atoms with Gasteiger partial charge < -0.3 is 15.3 Å². The van der Waals surface area contributed by atoms with Gasteiger partial charge in [-0.3, -0.25) is 0 Å². The molecule has 0 spiro atoms. The molecule has 2 N–H and O–H groups in total. The predicted octanol–water partition coefficient (Wildman–Crippen LogP) is 2.44. The zero-order chi connectivity index (χ0) is 14.8. The Bertz CT molecular complexity index is 672. The molecule has 0 bridgehead atoms. The van der Waals surface area contributed by atoms with Crippen molar-refractivity contribution in [3.63, 3.8) is 0 Å². The summed E-state index contributed by atoms with van der Waals surface area (Å²) in [6.07, 6.45) is 3.86. The third-order valence-corrected chi connectivity index (χ3v) is 4.20. The van der Waals surface area contributed by atoms with Crippen LogP contribution in [0.15, 0.2) is 30.5 Å². The number of anilines is 1. The van der Waals surface area contributed by atoms with E-state index in [1.165, 1.54) is 19.0 Å². The standard InChI is InChI=1S/C16H19N3O2/c1-19-8-4-5-11(19)9-17-15-13-7-3-2-6-12(13)14(10-18-15)16(20)21/h2-3,6-7,10-11H,4-5,8-9H2,1H3,(H,17,18)(H,20,21). The van der Waals surface area contributed by atoms with Crippen LogP contribution < -0.4 is 5.32 Å². The molecule has 1 aromatic carbocycles. The highest BCUT2D eigenvalue weighted by Gasteiger charge is 2.21. The van der Waals surface area contributed by atoms with E-state index in [9.17, 15) is 9.90 Å². The highest BCUT2D eigenvalue weighted by Crippen LogP contribution is 2.25. The van der Waals surface area contributed by atoms with Crippen molar-refractivity contribution in [1.29, 1.82) is 0 Å². The molecule has 1 atom stereocenters. The number of likely N-dealkylation sites (tertiary alicyclic amines) is 1. The smallest absolute Gasteiger partial charge is 0.337 e. The molecule has 110 valence electrons. The number of benzene rings is 1. The van der Waals surface area contributed by atoms with E-state index in [2.05, 4.69) is 22.2 Å². The number of rotatable bonds is 4. The summed E-state index contributed by atoms with van der Waals surface area (Å²) < 4.78 is 0. The number of hydrogen-bond acceptors (Lipinski definition) is 4. The summed E-state index contributed by atoms with van der Waals surface area (Å²) in [5.74, 6) is -0.184. The van der Waals surface area contributed by atoms with Crippen LogP contribution in [-0.2, 0) is 0 Å². The molecule has 1 aliphatic rings. The minimum absolute atomic E-state index is 0.245. The van der Waals surface area contributed by atoms with Crippen LogP contribution in [-0.4, -0.2) is 47.1 Å². The molecule has 1 saturated heterocycles. The van der Waals surface area contributed by atoms with Gasteiger partial charge in [-0.1, -0.05) is 24.3 Å². The maximum absolute atomic E-state index is 11.3. The lowest BCUT2D eigenvalue weighted by atomic mass is 10.1. The van der Waals surface area contributed by atoms with E-state index in [0.29, 0.717) is 6.04 Å². The Morgan fingerprint density at radius 1 is 1.43 bits per heavy atom. The molecule has 1 fully saturated rings. The van der Waals surface area contributed by atoms with Gasteiger partial charge in [0.1, 0.15) is 5.82 Å². The average molecular weight is 285 g/mol. The van der Waals surface area contributed by atoms with E-state index in [1.54, 1.807) is 0 Å². The van der Waals surface area contributed by atoms with Gasteiger partial charge in [-0.15, -0.1) is 0 Å². The molecule has 2 heterocycles. The maximum Gasteiger partial charge on any atom is 0.337 e. The Morgan fingerprint density at radius 2 is 2.19 bits per heavy atom. The van der Waals surface area contributed by atoms with Crippen molar-refractivity contribution < 1.29 is 9.90 Å². The fourth-order valence-corrected chi connectivity index (χ4v) is 2.96. The number of carbonyl (C=O) groups is 1. The first-order chi connectivity index (χ1) is 10.2. The number of carboxylic acid groups (broad SMARTS) is 1. The van der Waals surface area contributed by atoms with E-state index in [4.69, 9.17) is 0 Å². The van der Waals surface area contributed by atoms with Crippen molar-refractivity contribution in [2.75, 3.05) is 25.5 Å². The van der Waals surface area contributed by atoms with E-state index >= 15 is 0 Å². The first-order valence-electron chi connectivity index (χ1n) is 7.22. The fourth-order valence-electron chi connectivity index (χ4n) is 2.96. The summed E-state index contributed by atoms with van der Waals surface area (Å²) in [6, 6.07) is 8.01. The third-order valence-electron chi connectivity index (χ3n) is 4.20. The van der Waals surface area contributed by atoms with Crippen LogP contribution in [0, 0.1) is 0 Å². The van der Waals surface area contributed by atoms with E-state index in [0.717, 1.165) is 29.7 Å². The maximum atomic E-state index is 11.3. The summed E-state index contributed by atoms with van der Waals surface area (Å²) in [7, 11) is 2.14. The molecule has 21 heavy (non-hydrogen) atoms. The van der Waals surface area contributed by atoms with Crippen molar-refractivity contribution in [1.82, 2.24) is 9.88 Å². The van der Waals surface area contributed by atoms with Gasteiger partial charge in [0.15, 0.2) is 0 Å². The average Bonchev–Trinajstić information content (AvgIpc) is 2.89. The lowest BCUT2D eigenvalue weighted by Gasteiger charge is -2.20. The molecular weight excluding hydrogens is 266 g/mol. The molecule has 3 rings (SSSR count). The normalized spacial score (nSPS) is 19.0. The lowest BCUT2D eigenvalue weighted by Crippen LogP contribution is -2.31. The van der Waals surface area contributed by atoms with Crippen LogP contribution in [0.5, 0.6) is 0 Å². The van der Waals surface area contributed by atoms with Crippen molar-refractivity contribution >= 4 is 22.6 Å². The minimum Gasteiger partial charge on any atom is -0.478 e. The first kappa shape index (κ1) is 13.8. The number of nitrogens with zero attached hydrogens (tertiary/aromatic N) is 2. The first-order valence-corrected chi connectivity index (χ1v) is 7.22. The summed E-state index contributed by atoms with van der Waals surface area (Å²) in [4.78, 5) is 17.9.